The Hall–Kier alpha value is -1.35. The molecule has 1 saturated carbocycles. The maximum Gasteiger partial charge on any atom is 0.411 e. The summed E-state index contributed by atoms with van der Waals surface area (Å²) in [6.45, 7) is 5.43. The van der Waals surface area contributed by atoms with E-state index in [-0.39, 0.29) is 11.8 Å². The normalized spacial score (nSPS) is 25.7. The fraction of sp³-hybridized carbons (Fsp3) is 0.867. The Balaban J connectivity index is 2.03. The van der Waals surface area contributed by atoms with Gasteiger partial charge in [-0.15, -0.1) is 0 Å². The number of nitrogens with one attached hydrogen (secondary N) is 2. The number of ether oxygens (including phenoxy) is 1. The van der Waals surface area contributed by atoms with Gasteiger partial charge in [-0.05, 0) is 33.6 Å². The summed E-state index contributed by atoms with van der Waals surface area (Å²) in [5, 5.41) is 2.20. The van der Waals surface area contributed by atoms with Gasteiger partial charge in [0.15, 0.2) is 0 Å². The van der Waals surface area contributed by atoms with E-state index < -0.39 is 33.9 Å². The molecule has 24 heavy (non-hydrogen) atoms. The van der Waals surface area contributed by atoms with Crippen molar-refractivity contribution in [1.29, 1.82) is 0 Å². The van der Waals surface area contributed by atoms with Crippen LogP contribution < -0.4 is 10.0 Å². The van der Waals surface area contributed by atoms with Gasteiger partial charge in [0.2, 0.25) is 16.4 Å². The molecule has 138 valence electrons. The first-order chi connectivity index (χ1) is 11.1. The highest BCUT2D eigenvalue weighted by atomic mass is 32.2. The highest BCUT2D eigenvalue weighted by Crippen LogP contribution is 2.26. The van der Waals surface area contributed by atoms with Crippen LogP contribution in [0.25, 0.3) is 0 Å². The lowest BCUT2D eigenvalue weighted by Crippen LogP contribution is -2.46. The molecule has 0 aromatic heterocycles. The fourth-order valence-corrected chi connectivity index (χ4v) is 4.99. The van der Waals surface area contributed by atoms with Crippen LogP contribution in [-0.2, 0) is 19.6 Å². The molecule has 1 aliphatic carbocycles. The summed E-state index contributed by atoms with van der Waals surface area (Å²) in [6, 6.07) is -0.430. The van der Waals surface area contributed by atoms with Gasteiger partial charge in [-0.3, -0.25) is 9.69 Å². The molecular formula is C15H27N3O5S. The van der Waals surface area contributed by atoms with Crippen molar-refractivity contribution in [3.8, 4) is 0 Å². The van der Waals surface area contributed by atoms with Gasteiger partial charge in [-0.25, -0.2) is 17.9 Å². The third-order valence-electron chi connectivity index (χ3n) is 4.26. The van der Waals surface area contributed by atoms with Gasteiger partial charge >= 0.3 is 6.09 Å². The van der Waals surface area contributed by atoms with E-state index in [1.165, 1.54) is 4.90 Å². The molecule has 2 amide bonds. The Morgan fingerprint density at radius 2 is 1.88 bits per heavy atom. The molecule has 0 aromatic carbocycles. The minimum Gasteiger partial charge on any atom is -0.444 e. The first kappa shape index (κ1) is 19.0. The molecule has 8 nitrogen and oxygen atoms in total. The summed E-state index contributed by atoms with van der Waals surface area (Å²) in [7, 11) is -3.41. The van der Waals surface area contributed by atoms with Gasteiger partial charge in [0, 0.05) is 19.0 Å². The Kier molecular flexibility index (Phi) is 5.74. The second kappa shape index (κ2) is 7.26. The Morgan fingerprint density at radius 1 is 1.25 bits per heavy atom. The number of carbonyl (C=O) groups excluding carboxylic acids is 2. The largest absolute Gasteiger partial charge is 0.444 e. The molecule has 2 aliphatic rings. The first-order valence-electron chi connectivity index (χ1n) is 8.33. The molecular weight excluding hydrogens is 334 g/mol. The minimum absolute atomic E-state index is 0.173. The highest BCUT2D eigenvalue weighted by Gasteiger charge is 2.40. The quantitative estimate of drug-likeness (QED) is 0.709. The van der Waals surface area contributed by atoms with E-state index in [2.05, 4.69) is 10.0 Å². The van der Waals surface area contributed by atoms with Gasteiger partial charge in [0.05, 0.1) is 5.25 Å². The summed E-state index contributed by atoms with van der Waals surface area (Å²) >= 11 is 0. The van der Waals surface area contributed by atoms with E-state index >= 15 is 0 Å². The molecule has 2 fully saturated rings. The predicted molar refractivity (Wildman–Crippen MR) is 88.6 cm³/mol. The Bertz CT molecular complexity index is 566. The molecule has 2 N–H and O–H groups in total. The molecule has 1 aliphatic heterocycles. The second-order valence-corrected chi connectivity index (χ2v) is 9.43. The zero-order chi connectivity index (χ0) is 18.0. The lowest BCUT2D eigenvalue weighted by Gasteiger charge is -2.28. The zero-order valence-electron chi connectivity index (χ0n) is 14.4. The van der Waals surface area contributed by atoms with Crippen LogP contribution in [-0.4, -0.2) is 55.4 Å². The van der Waals surface area contributed by atoms with E-state index in [0.717, 1.165) is 12.8 Å². The van der Waals surface area contributed by atoms with Crippen LogP contribution in [0.1, 0.15) is 52.9 Å². The average Bonchev–Trinajstić information content (AvgIpc) is 3.06. The van der Waals surface area contributed by atoms with E-state index in [0.29, 0.717) is 25.7 Å². The lowest BCUT2D eigenvalue weighted by molar-refractivity contribution is -0.110. The monoisotopic (exact) mass is 361 g/mol. The van der Waals surface area contributed by atoms with Crippen LogP contribution in [0.4, 0.5) is 4.79 Å². The molecule has 0 spiro atoms. The summed E-state index contributed by atoms with van der Waals surface area (Å²) in [6.07, 6.45) is 2.89. The van der Waals surface area contributed by atoms with Crippen molar-refractivity contribution in [3.05, 3.63) is 0 Å². The molecule has 0 bridgehead atoms. The third kappa shape index (κ3) is 4.83. The maximum absolute atomic E-state index is 12.4. The number of nitrogens with zero attached hydrogens (tertiary/aromatic N) is 1. The van der Waals surface area contributed by atoms with Crippen LogP contribution in [0.2, 0.25) is 0 Å². The topological polar surface area (TPSA) is 105 Å². The third-order valence-corrected chi connectivity index (χ3v) is 6.27. The number of sulfonamides is 1. The minimum atomic E-state index is -3.41. The van der Waals surface area contributed by atoms with E-state index in [1.807, 2.05) is 0 Å². The molecule has 2 atom stereocenters. The summed E-state index contributed by atoms with van der Waals surface area (Å²) in [5.74, 6) is 0. The second-order valence-electron chi connectivity index (χ2n) is 7.43. The van der Waals surface area contributed by atoms with E-state index in [1.54, 1.807) is 20.8 Å². The Labute approximate surface area is 143 Å². The molecule has 0 unspecified atom stereocenters. The predicted octanol–water partition coefficient (Wildman–Crippen LogP) is 0.930. The number of hydrogen-bond acceptors (Lipinski definition) is 5. The van der Waals surface area contributed by atoms with Crippen molar-refractivity contribution in [2.45, 2.75) is 75.9 Å². The standard InChI is InChI=1S/C15H27N3O5S/c1-15(2,3)23-14(20)18-9-11(8-13(18)16-10-19)17-24(21,22)12-6-4-5-7-12/h10-13,17H,4-9H2,1-3H3,(H,16,19)/t11-,13+/m1/s1. The fourth-order valence-electron chi connectivity index (χ4n) is 3.21. The number of rotatable bonds is 5. The van der Waals surface area contributed by atoms with Crippen molar-refractivity contribution in [2.24, 2.45) is 0 Å². The number of carbonyl (C=O) groups is 2. The molecule has 1 heterocycles. The van der Waals surface area contributed by atoms with Gasteiger partial charge < -0.3 is 10.1 Å². The first-order valence-corrected chi connectivity index (χ1v) is 9.87. The molecule has 0 aromatic rings. The molecule has 2 rings (SSSR count). The molecule has 0 radical (unpaired) electrons. The zero-order valence-corrected chi connectivity index (χ0v) is 15.3. The summed E-state index contributed by atoms with van der Waals surface area (Å²) in [4.78, 5) is 24.4. The van der Waals surface area contributed by atoms with Gasteiger partial charge in [0.25, 0.3) is 0 Å². The number of likely N-dealkylation sites (tertiary alicyclic amines) is 1. The van der Waals surface area contributed by atoms with E-state index in [9.17, 15) is 18.0 Å². The van der Waals surface area contributed by atoms with Crippen LogP contribution in [0.5, 0.6) is 0 Å². The van der Waals surface area contributed by atoms with Crippen LogP contribution >= 0.6 is 0 Å². The summed E-state index contributed by atoms with van der Waals surface area (Å²) < 4.78 is 32.9. The summed E-state index contributed by atoms with van der Waals surface area (Å²) in [5.41, 5.74) is -0.662. The molecule has 1 saturated heterocycles. The lowest BCUT2D eigenvalue weighted by atomic mass is 10.2. The van der Waals surface area contributed by atoms with Crippen molar-refractivity contribution < 1.29 is 22.7 Å². The van der Waals surface area contributed by atoms with Crippen LogP contribution in [0, 0.1) is 0 Å². The van der Waals surface area contributed by atoms with Crippen LogP contribution in [0.15, 0.2) is 0 Å². The SMILES string of the molecule is CC(C)(C)OC(=O)N1C[C@H](NS(=O)(=O)C2CCCC2)C[C@H]1NC=O. The number of amides is 2. The van der Waals surface area contributed by atoms with Crippen molar-refractivity contribution in [1.82, 2.24) is 14.9 Å². The van der Waals surface area contributed by atoms with Gasteiger partial charge in [-0.2, -0.15) is 0 Å². The van der Waals surface area contributed by atoms with E-state index in [4.69, 9.17) is 4.74 Å². The highest BCUT2D eigenvalue weighted by molar-refractivity contribution is 7.90. The maximum atomic E-state index is 12.4. The van der Waals surface area contributed by atoms with Gasteiger partial charge in [-0.1, -0.05) is 12.8 Å². The van der Waals surface area contributed by atoms with Crippen molar-refractivity contribution in [2.75, 3.05) is 6.54 Å². The molecule has 9 heteroatoms. The average molecular weight is 361 g/mol. The van der Waals surface area contributed by atoms with Crippen molar-refractivity contribution in [3.63, 3.8) is 0 Å². The number of hydrogen-bond donors (Lipinski definition) is 2. The Morgan fingerprint density at radius 3 is 2.42 bits per heavy atom. The smallest absolute Gasteiger partial charge is 0.411 e. The van der Waals surface area contributed by atoms with Crippen LogP contribution in [0.3, 0.4) is 0 Å². The van der Waals surface area contributed by atoms with Gasteiger partial charge in [0.1, 0.15) is 11.8 Å². The van der Waals surface area contributed by atoms with Crippen molar-refractivity contribution >= 4 is 22.5 Å².